The van der Waals surface area contributed by atoms with Gasteiger partial charge in [0, 0.05) is 24.3 Å². The summed E-state index contributed by atoms with van der Waals surface area (Å²) in [7, 11) is 2.11. The molecule has 1 atom stereocenters. The van der Waals surface area contributed by atoms with Gasteiger partial charge in [0.15, 0.2) is 0 Å². The third-order valence-corrected chi connectivity index (χ3v) is 3.14. The Labute approximate surface area is 103 Å². The highest BCUT2D eigenvalue weighted by Crippen LogP contribution is 2.18. The number of hydrogen-bond donors (Lipinski definition) is 1. The summed E-state index contributed by atoms with van der Waals surface area (Å²) in [5.74, 6) is 0. The Bertz CT molecular complexity index is 363. The number of anilines is 1. The van der Waals surface area contributed by atoms with E-state index in [4.69, 9.17) is 18.0 Å². The summed E-state index contributed by atoms with van der Waals surface area (Å²) < 4.78 is 0. The number of benzene rings is 1. The molecule has 2 nitrogen and oxygen atoms in total. The van der Waals surface area contributed by atoms with Crippen molar-refractivity contribution in [2.45, 2.75) is 32.7 Å². The zero-order chi connectivity index (χ0) is 12.1. The van der Waals surface area contributed by atoms with Crippen molar-refractivity contribution in [3.63, 3.8) is 0 Å². The van der Waals surface area contributed by atoms with Crippen molar-refractivity contribution in [3.8, 4) is 0 Å². The molecule has 0 aliphatic heterocycles. The van der Waals surface area contributed by atoms with Crippen molar-refractivity contribution in [1.82, 2.24) is 0 Å². The van der Waals surface area contributed by atoms with E-state index in [1.54, 1.807) is 0 Å². The highest BCUT2D eigenvalue weighted by molar-refractivity contribution is 7.80. The van der Waals surface area contributed by atoms with E-state index >= 15 is 0 Å². The van der Waals surface area contributed by atoms with Crippen molar-refractivity contribution in [1.29, 1.82) is 0 Å². The van der Waals surface area contributed by atoms with Crippen LogP contribution in [0, 0.1) is 0 Å². The van der Waals surface area contributed by atoms with Gasteiger partial charge < -0.3 is 10.6 Å². The summed E-state index contributed by atoms with van der Waals surface area (Å²) in [6.07, 6.45) is 2.38. The summed E-state index contributed by atoms with van der Waals surface area (Å²) in [4.78, 5) is 2.73. The predicted octanol–water partition coefficient (Wildman–Crippen LogP) is 2.95. The van der Waals surface area contributed by atoms with Gasteiger partial charge >= 0.3 is 0 Å². The van der Waals surface area contributed by atoms with Crippen molar-refractivity contribution in [2.24, 2.45) is 5.73 Å². The van der Waals surface area contributed by atoms with E-state index in [0.717, 1.165) is 5.56 Å². The molecule has 0 saturated carbocycles. The number of hydrogen-bond acceptors (Lipinski definition) is 2. The molecule has 0 bridgehead atoms. The first-order valence-corrected chi connectivity index (χ1v) is 6.09. The van der Waals surface area contributed by atoms with Crippen molar-refractivity contribution in [2.75, 3.05) is 11.9 Å². The fourth-order valence-corrected chi connectivity index (χ4v) is 1.87. The van der Waals surface area contributed by atoms with Crippen LogP contribution in [0.15, 0.2) is 24.3 Å². The van der Waals surface area contributed by atoms with Crippen LogP contribution in [0.4, 0.5) is 5.69 Å². The smallest absolute Gasteiger partial charge is 0.104 e. The molecule has 0 spiro atoms. The highest BCUT2D eigenvalue weighted by atomic mass is 32.1. The molecule has 0 aromatic heterocycles. The minimum Gasteiger partial charge on any atom is -0.389 e. The van der Waals surface area contributed by atoms with Gasteiger partial charge in [0.05, 0.1) is 0 Å². The Hall–Kier alpha value is -1.09. The van der Waals surface area contributed by atoms with Crippen molar-refractivity contribution < 1.29 is 0 Å². The zero-order valence-corrected chi connectivity index (χ0v) is 11.1. The number of nitrogens with two attached hydrogens (primary N) is 1. The van der Waals surface area contributed by atoms with Gasteiger partial charge in [0.2, 0.25) is 0 Å². The Morgan fingerprint density at radius 3 is 2.75 bits per heavy atom. The Balaban J connectivity index is 2.86. The second-order valence-corrected chi connectivity index (χ2v) is 4.60. The van der Waals surface area contributed by atoms with Crippen LogP contribution >= 0.6 is 12.2 Å². The van der Waals surface area contributed by atoms with E-state index < -0.39 is 0 Å². The molecule has 0 saturated heterocycles. The first-order chi connectivity index (χ1) is 7.56. The van der Waals surface area contributed by atoms with Crippen LogP contribution in [0.25, 0.3) is 0 Å². The van der Waals surface area contributed by atoms with Crippen LogP contribution in [0.5, 0.6) is 0 Å². The fraction of sp³-hybridized carbons (Fsp3) is 0.462. The lowest BCUT2D eigenvalue weighted by Crippen LogP contribution is -2.28. The van der Waals surface area contributed by atoms with E-state index in [1.165, 1.54) is 18.5 Å². The lowest BCUT2D eigenvalue weighted by Gasteiger charge is -2.27. The molecule has 3 heteroatoms. The van der Waals surface area contributed by atoms with Crippen LogP contribution in [0.1, 0.15) is 32.3 Å². The molecule has 0 heterocycles. The fourth-order valence-electron chi connectivity index (χ4n) is 1.74. The van der Waals surface area contributed by atoms with Gasteiger partial charge in [-0.05, 0) is 25.5 Å². The van der Waals surface area contributed by atoms with Gasteiger partial charge in [0.1, 0.15) is 4.99 Å². The quantitative estimate of drug-likeness (QED) is 0.797. The van der Waals surface area contributed by atoms with Gasteiger partial charge in [-0.2, -0.15) is 0 Å². The molecule has 0 amide bonds. The molecule has 1 aromatic rings. The Morgan fingerprint density at radius 1 is 1.50 bits per heavy atom. The van der Waals surface area contributed by atoms with Crippen molar-refractivity contribution in [3.05, 3.63) is 29.8 Å². The Kier molecular flexibility index (Phi) is 4.74. The summed E-state index contributed by atoms with van der Waals surface area (Å²) in [6, 6.07) is 8.62. The molecule has 2 N–H and O–H groups in total. The normalized spacial score (nSPS) is 12.2. The molecule has 0 aliphatic carbocycles. The molecular weight excluding hydrogens is 216 g/mol. The lowest BCUT2D eigenvalue weighted by molar-refractivity contribution is 0.616. The van der Waals surface area contributed by atoms with Crippen LogP contribution in [-0.2, 0) is 0 Å². The minimum atomic E-state index is 0.457. The van der Waals surface area contributed by atoms with Gasteiger partial charge in [0.25, 0.3) is 0 Å². The average Bonchev–Trinajstić information content (AvgIpc) is 2.28. The largest absolute Gasteiger partial charge is 0.389 e. The molecule has 16 heavy (non-hydrogen) atoms. The van der Waals surface area contributed by atoms with Crippen LogP contribution in [0.3, 0.4) is 0 Å². The first kappa shape index (κ1) is 13.0. The summed E-state index contributed by atoms with van der Waals surface area (Å²) in [5.41, 5.74) is 7.74. The van der Waals surface area contributed by atoms with Crippen LogP contribution < -0.4 is 10.6 Å². The number of rotatable bonds is 5. The van der Waals surface area contributed by atoms with E-state index in [9.17, 15) is 0 Å². The molecule has 0 radical (unpaired) electrons. The highest BCUT2D eigenvalue weighted by Gasteiger charge is 2.09. The molecule has 1 aromatic carbocycles. The number of nitrogens with zero attached hydrogens (tertiary/aromatic N) is 1. The molecule has 1 rings (SSSR count). The maximum absolute atomic E-state index is 5.63. The second-order valence-electron chi connectivity index (χ2n) is 4.16. The summed E-state index contributed by atoms with van der Waals surface area (Å²) in [5, 5.41) is 0. The predicted molar refractivity (Wildman–Crippen MR) is 75.1 cm³/mol. The van der Waals surface area contributed by atoms with Gasteiger partial charge in [-0.3, -0.25) is 0 Å². The summed E-state index contributed by atoms with van der Waals surface area (Å²) in [6.45, 7) is 4.44. The molecule has 1 unspecified atom stereocenters. The molecular formula is C13H20N2S. The monoisotopic (exact) mass is 236 g/mol. The van der Waals surface area contributed by atoms with Gasteiger partial charge in [-0.15, -0.1) is 0 Å². The topological polar surface area (TPSA) is 29.3 Å². The first-order valence-electron chi connectivity index (χ1n) is 5.69. The van der Waals surface area contributed by atoms with Gasteiger partial charge in [-0.25, -0.2) is 0 Å². The minimum absolute atomic E-state index is 0.457. The lowest BCUT2D eigenvalue weighted by atomic mass is 10.1. The van der Waals surface area contributed by atoms with E-state index in [1.807, 2.05) is 12.1 Å². The van der Waals surface area contributed by atoms with E-state index in [2.05, 4.69) is 37.9 Å². The third kappa shape index (κ3) is 3.20. The molecule has 0 aliphatic rings. The SMILES string of the molecule is CCCC(C)N(C)c1cccc(C(N)=S)c1. The van der Waals surface area contributed by atoms with Crippen LogP contribution in [0.2, 0.25) is 0 Å². The average molecular weight is 236 g/mol. The van der Waals surface area contributed by atoms with E-state index in [-0.39, 0.29) is 0 Å². The van der Waals surface area contributed by atoms with Gasteiger partial charge in [-0.1, -0.05) is 37.7 Å². The van der Waals surface area contributed by atoms with E-state index in [0.29, 0.717) is 11.0 Å². The maximum atomic E-state index is 5.63. The molecule has 88 valence electrons. The number of thiocarbonyl (C=S) groups is 1. The Morgan fingerprint density at radius 2 is 2.19 bits per heavy atom. The maximum Gasteiger partial charge on any atom is 0.104 e. The van der Waals surface area contributed by atoms with Crippen LogP contribution in [-0.4, -0.2) is 18.1 Å². The van der Waals surface area contributed by atoms with Crippen molar-refractivity contribution >= 4 is 22.9 Å². The second kappa shape index (κ2) is 5.85. The molecule has 0 fully saturated rings. The third-order valence-electron chi connectivity index (χ3n) is 2.91. The summed E-state index contributed by atoms with van der Waals surface area (Å²) >= 11 is 4.98. The standard InChI is InChI=1S/C13H20N2S/c1-4-6-10(2)15(3)12-8-5-7-11(9-12)13(14)16/h5,7-10H,4,6H2,1-3H3,(H2,14,16). The zero-order valence-electron chi connectivity index (χ0n) is 10.2.